The largest absolute Gasteiger partial charge is 0.497 e. The summed E-state index contributed by atoms with van der Waals surface area (Å²) in [6.45, 7) is 3.71. The average Bonchev–Trinajstić information content (AvgIpc) is 2.95. The predicted molar refractivity (Wildman–Crippen MR) is 93.9 cm³/mol. The molecule has 1 aromatic rings. The number of likely N-dealkylation sites (tertiary alicyclic amines) is 2. The summed E-state index contributed by atoms with van der Waals surface area (Å²) in [5.74, 6) is 1.25. The standard InChI is InChI=1S/C20H28N2O2/c1-24-18-8-2-5-16(13-18)14-21-11-4-9-20(19(21)23)10-12-22(15-20)17-6-3-7-17/h2,5,8,13,17H,3-4,6-7,9-12,14-15H2,1H3. The Hall–Kier alpha value is -1.55. The lowest BCUT2D eigenvalue weighted by Gasteiger charge is -2.41. The number of carbonyl (C=O) groups excluding carboxylic acids is 1. The number of carbonyl (C=O) groups is 1. The number of amides is 1. The minimum absolute atomic E-state index is 0.104. The molecule has 1 atom stereocenters. The third-order valence-electron chi connectivity index (χ3n) is 6.31. The van der Waals surface area contributed by atoms with E-state index in [0.29, 0.717) is 12.5 Å². The van der Waals surface area contributed by atoms with Gasteiger partial charge in [0.15, 0.2) is 0 Å². The van der Waals surface area contributed by atoms with Gasteiger partial charge in [0.05, 0.1) is 12.5 Å². The van der Waals surface area contributed by atoms with Crippen molar-refractivity contribution in [3.05, 3.63) is 29.8 Å². The van der Waals surface area contributed by atoms with Crippen LogP contribution in [0.25, 0.3) is 0 Å². The molecule has 2 saturated heterocycles. The Labute approximate surface area is 144 Å². The Bertz CT molecular complexity index is 613. The van der Waals surface area contributed by atoms with E-state index in [-0.39, 0.29) is 5.41 Å². The van der Waals surface area contributed by atoms with Gasteiger partial charge in [0.1, 0.15) is 5.75 Å². The first-order valence-electron chi connectivity index (χ1n) is 9.37. The van der Waals surface area contributed by atoms with Gasteiger partial charge in [0, 0.05) is 25.7 Å². The van der Waals surface area contributed by atoms with E-state index in [9.17, 15) is 4.79 Å². The molecule has 3 aliphatic rings. The highest BCUT2D eigenvalue weighted by Gasteiger charge is 2.49. The second-order valence-electron chi connectivity index (χ2n) is 7.77. The van der Waals surface area contributed by atoms with Gasteiger partial charge in [-0.2, -0.15) is 0 Å². The molecule has 1 spiro atoms. The molecule has 2 aliphatic heterocycles. The van der Waals surface area contributed by atoms with Gasteiger partial charge >= 0.3 is 0 Å². The van der Waals surface area contributed by atoms with Crippen molar-refractivity contribution in [3.8, 4) is 5.75 Å². The number of hydrogen-bond acceptors (Lipinski definition) is 3. The molecule has 130 valence electrons. The number of benzene rings is 1. The zero-order chi connectivity index (χ0) is 16.6. The molecule has 1 amide bonds. The highest BCUT2D eigenvalue weighted by Crippen LogP contribution is 2.43. The first kappa shape index (κ1) is 15.9. The number of piperidine rings is 1. The Balaban J connectivity index is 1.46. The van der Waals surface area contributed by atoms with E-state index in [1.807, 2.05) is 18.2 Å². The fourth-order valence-corrected chi connectivity index (χ4v) is 4.64. The van der Waals surface area contributed by atoms with E-state index in [1.165, 1.54) is 19.3 Å². The Morgan fingerprint density at radius 2 is 2.08 bits per heavy atom. The molecule has 1 aromatic carbocycles. The summed E-state index contributed by atoms with van der Waals surface area (Å²) in [5.41, 5.74) is 1.06. The molecule has 0 bridgehead atoms. The van der Waals surface area contributed by atoms with E-state index in [0.717, 1.165) is 56.3 Å². The van der Waals surface area contributed by atoms with Gasteiger partial charge in [-0.1, -0.05) is 18.6 Å². The molecule has 1 saturated carbocycles. The van der Waals surface area contributed by atoms with Crippen LogP contribution >= 0.6 is 0 Å². The molecule has 24 heavy (non-hydrogen) atoms. The van der Waals surface area contributed by atoms with Crippen molar-refractivity contribution in [1.29, 1.82) is 0 Å². The molecule has 3 fully saturated rings. The maximum Gasteiger partial charge on any atom is 0.230 e. The summed E-state index contributed by atoms with van der Waals surface area (Å²) in [4.78, 5) is 17.9. The van der Waals surface area contributed by atoms with Crippen LogP contribution in [0.3, 0.4) is 0 Å². The zero-order valence-electron chi connectivity index (χ0n) is 14.7. The quantitative estimate of drug-likeness (QED) is 0.851. The van der Waals surface area contributed by atoms with Gasteiger partial charge < -0.3 is 9.64 Å². The number of methoxy groups -OCH3 is 1. The van der Waals surface area contributed by atoms with Crippen LogP contribution in [0.1, 0.15) is 44.1 Å². The van der Waals surface area contributed by atoms with Crippen LogP contribution in [0.5, 0.6) is 5.75 Å². The van der Waals surface area contributed by atoms with E-state index in [2.05, 4.69) is 15.9 Å². The van der Waals surface area contributed by atoms with Crippen LogP contribution in [-0.2, 0) is 11.3 Å². The first-order chi connectivity index (χ1) is 11.7. The Morgan fingerprint density at radius 3 is 2.83 bits per heavy atom. The molecule has 4 nitrogen and oxygen atoms in total. The number of hydrogen-bond donors (Lipinski definition) is 0. The second-order valence-corrected chi connectivity index (χ2v) is 7.77. The van der Waals surface area contributed by atoms with Crippen LogP contribution in [0.4, 0.5) is 0 Å². The molecule has 0 radical (unpaired) electrons. The molecule has 2 heterocycles. The molecule has 4 rings (SSSR count). The summed E-state index contributed by atoms with van der Waals surface area (Å²) in [6, 6.07) is 8.85. The molecular formula is C20H28N2O2. The van der Waals surface area contributed by atoms with Crippen LogP contribution < -0.4 is 4.74 Å². The summed E-state index contributed by atoms with van der Waals surface area (Å²) in [5, 5.41) is 0. The average molecular weight is 328 g/mol. The van der Waals surface area contributed by atoms with E-state index in [1.54, 1.807) is 7.11 Å². The van der Waals surface area contributed by atoms with Crippen molar-refractivity contribution in [2.24, 2.45) is 5.41 Å². The van der Waals surface area contributed by atoms with Crippen LogP contribution in [0, 0.1) is 5.41 Å². The van der Waals surface area contributed by atoms with E-state index in [4.69, 9.17) is 4.74 Å². The lowest BCUT2D eigenvalue weighted by molar-refractivity contribution is -0.146. The second kappa shape index (κ2) is 6.40. The Kier molecular flexibility index (Phi) is 4.25. The van der Waals surface area contributed by atoms with E-state index < -0.39 is 0 Å². The van der Waals surface area contributed by atoms with Gasteiger partial charge in [0.2, 0.25) is 5.91 Å². The van der Waals surface area contributed by atoms with Crippen molar-refractivity contribution in [1.82, 2.24) is 9.80 Å². The summed E-state index contributed by atoms with van der Waals surface area (Å²) < 4.78 is 5.31. The normalized spacial score (nSPS) is 28.4. The number of ether oxygens (including phenoxy) is 1. The molecule has 0 aromatic heterocycles. The smallest absolute Gasteiger partial charge is 0.230 e. The number of rotatable bonds is 4. The third kappa shape index (κ3) is 2.81. The van der Waals surface area contributed by atoms with Crippen molar-refractivity contribution < 1.29 is 9.53 Å². The van der Waals surface area contributed by atoms with Gasteiger partial charge in [-0.3, -0.25) is 9.69 Å². The topological polar surface area (TPSA) is 32.8 Å². The van der Waals surface area contributed by atoms with Crippen LogP contribution in [0.2, 0.25) is 0 Å². The van der Waals surface area contributed by atoms with E-state index >= 15 is 0 Å². The molecule has 1 aliphatic carbocycles. The van der Waals surface area contributed by atoms with Crippen molar-refractivity contribution >= 4 is 5.91 Å². The van der Waals surface area contributed by atoms with Gasteiger partial charge in [0.25, 0.3) is 0 Å². The fraction of sp³-hybridized carbons (Fsp3) is 0.650. The molecule has 4 heteroatoms. The molecule has 1 unspecified atom stereocenters. The summed E-state index contributed by atoms with van der Waals surface area (Å²) in [7, 11) is 1.69. The van der Waals surface area contributed by atoms with Crippen molar-refractivity contribution in [3.63, 3.8) is 0 Å². The fourth-order valence-electron chi connectivity index (χ4n) is 4.64. The van der Waals surface area contributed by atoms with Crippen molar-refractivity contribution in [2.75, 3.05) is 26.7 Å². The van der Waals surface area contributed by atoms with Gasteiger partial charge in [-0.05, 0) is 56.3 Å². The highest BCUT2D eigenvalue weighted by molar-refractivity contribution is 5.84. The van der Waals surface area contributed by atoms with Crippen LogP contribution in [-0.4, -0.2) is 48.5 Å². The zero-order valence-corrected chi connectivity index (χ0v) is 14.7. The third-order valence-corrected chi connectivity index (χ3v) is 6.31. The predicted octanol–water partition coefficient (Wildman–Crippen LogP) is 3.06. The Morgan fingerprint density at radius 1 is 1.21 bits per heavy atom. The summed E-state index contributed by atoms with van der Waals surface area (Å²) >= 11 is 0. The highest BCUT2D eigenvalue weighted by atomic mass is 16.5. The van der Waals surface area contributed by atoms with Crippen molar-refractivity contribution in [2.45, 2.75) is 51.1 Å². The molecular weight excluding hydrogens is 300 g/mol. The molecule has 0 N–H and O–H groups in total. The first-order valence-corrected chi connectivity index (χ1v) is 9.37. The minimum atomic E-state index is -0.104. The monoisotopic (exact) mass is 328 g/mol. The maximum atomic E-state index is 13.3. The number of nitrogens with zero attached hydrogens (tertiary/aromatic N) is 2. The maximum absolute atomic E-state index is 13.3. The minimum Gasteiger partial charge on any atom is -0.497 e. The lowest BCUT2D eigenvalue weighted by Crippen LogP contribution is -2.50. The van der Waals surface area contributed by atoms with Crippen LogP contribution in [0.15, 0.2) is 24.3 Å². The van der Waals surface area contributed by atoms with Gasteiger partial charge in [-0.25, -0.2) is 0 Å². The summed E-state index contributed by atoms with van der Waals surface area (Å²) in [6.07, 6.45) is 7.29. The SMILES string of the molecule is COc1cccc(CN2CCCC3(CCN(C4CCC4)C3)C2=O)c1. The van der Waals surface area contributed by atoms with Gasteiger partial charge in [-0.15, -0.1) is 0 Å². The lowest BCUT2D eigenvalue weighted by atomic mass is 9.78.